The Morgan fingerprint density at radius 3 is 2.48 bits per heavy atom. The van der Waals surface area contributed by atoms with Crippen molar-refractivity contribution in [1.29, 1.82) is 0 Å². The van der Waals surface area contributed by atoms with Crippen LogP contribution in [0.1, 0.15) is 28.5 Å². The number of aryl methyl sites for hydroxylation is 1. The van der Waals surface area contributed by atoms with Crippen molar-refractivity contribution in [2.45, 2.75) is 26.8 Å². The van der Waals surface area contributed by atoms with E-state index in [2.05, 4.69) is 10.3 Å². The number of ketones is 1. The molecule has 0 aliphatic rings. The van der Waals surface area contributed by atoms with Gasteiger partial charge in [0.2, 0.25) is 5.91 Å². The van der Waals surface area contributed by atoms with E-state index >= 15 is 0 Å². The van der Waals surface area contributed by atoms with E-state index in [-0.39, 0.29) is 25.4 Å². The topological polar surface area (TPSA) is 101 Å². The van der Waals surface area contributed by atoms with E-state index < -0.39 is 11.5 Å². The number of aliphatic hydroxyl groups is 1. The molecule has 0 saturated carbocycles. The second-order valence-corrected chi connectivity index (χ2v) is 7.49. The summed E-state index contributed by atoms with van der Waals surface area (Å²) in [5, 5.41) is 12.5. The van der Waals surface area contributed by atoms with Crippen LogP contribution < -0.4 is 10.9 Å². The van der Waals surface area contributed by atoms with Crippen molar-refractivity contribution in [3.63, 3.8) is 0 Å². The highest BCUT2D eigenvalue weighted by atomic mass is 35.5. The summed E-state index contributed by atoms with van der Waals surface area (Å²) in [6.07, 6.45) is 0.140. The van der Waals surface area contributed by atoms with Crippen LogP contribution in [0.25, 0.3) is 11.4 Å². The Bertz CT molecular complexity index is 1190. The molecular formula is C23H22ClN3O4. The number of nitrogens with one attached hydrogen (secondary N) is 1. The van der Waals surface area contributed by atoms with Crippen molar-refractivity contribution in [3.05, 3.63) is 80.7 Å². The van der Waals surface area contributed by atoms with E-state index in [1.807, 2.05) is 0 Å². The van der Waals surface area contributed by atoms with Crippen molar-refractivity contribution in [1.82, 2.24) is 9.55 Å². The fourth-order valence-electron chi connectivity index (χ4n) is 3.23. The molecule has 3 aromatic rings. The maximum Gasteiger partial charge on any atom is 0.257 e. The summed E-state index contributed by atoms with van der Waals surface area (Å²) in [4.78, 5) is 41.8. The highest BCUT2D eigenvalue weighted by Crippen LogP contribution is 2.21. The summed E-state index contributed by atoms with van der Waals surface area (Å²) in [7, 11) is 0. The van der Waals surface area contributed by atoms with Crippen molar-refractivity contribution in [2.24, 2.45) is 0 Å². The lowest BCUT2D eigenvalue weighted by Crippen LogP contribution is -2.33. The molecule has 31 heavy (non-hydrogen) atoms. The van der Waals surface area contributed by atoms with Gasteiger partial charge in [0, 0.05) is 46.1 Å². The zero-order valence-corrected chi connectivity index (χ0v) is 17.9. The fraction of sp³-hybridized carbons (Fsp3) is 0.217. The SMILES string of the molecule is CC(=O)c1ccc(NC(=O)Cn2c(-c3cccc(Cl)c3)nc(C)c(CCO)c2=O)cc1. The van der Waals surface area contributed by atoms with E-state index in [4.69, 9.17) is 11.6 Å². The molecule has 0 atom stereocenters. The molecule has 7 nitrogen and oxygen atoms in total. The number of nitrogens with zero attached hydrogens (tertiary/aromatic N) is 2. The second-order valence-electron chi connectivity index (χ2n) is 7.06. The number of rotatable bonds is 7. The maximum absolute atomic E-state index is 13.1. The average molecular weight is 440 g/mol. The van der Waals surface area contributed by atoms with Gasteiger partial charge in [-0.2, -0.15) is 0 Å². The van der Waals surface area contributed by atoms with Crippen LogP contribution in [0.3, 0.4) is 0 Å². The van der Waals surface area contributed by atoms with Crippen molar-refractivity contribution in [2.75, 3.05) is 11.9 Å². The van der Waals surface area contributed by atoms with Gasteiger partial charge in [0.05, 0.1) is 0 Å². The van der Waals surface area contributed by atoms with Crippen molar-refractivity contribution < 1.29 is 14.7 Å². The lowest BCUT2D eigenvalue weighted by atomic mass is 10.1. The van der Waals surface area contributed by atoms with Crippen LogP contribution in [0.5, 0.6) is 0 Å². The molecule has 0 fully saturated rings. The maximum atomic E-state index is 13.1. The lowest BCUT2D eigenvalue weighted by molar-refractivity contribution is -0.116. The van der Waals surface area contributed by atoms with Gasteiger partial charge < -0.3 is 10.4 Å². The quantitative estimate of drug-likeness (QED) is 0.550. The molecule has 0 unspecified atom stereocenters. The van der Waals surface area contributed by atoms with E-state index in [1.54, 1.807) is 55.5 Å². The number of hydrogen-bond donors (Lipinski definition) is 2. The third kappa shape index (κ3) is 5.25. The Morgan fingerprint density at radius 2 is 1.87 bits per heavy atom. The van der Waals surface area contributed by atoms with Gasteiger partial charge in [0.25, 0.3) is 5.56 Å². The van der Waals surface area contributed by atoms with Crippen LogP contribution in [0.2, 0.25) is 5.02 Å². The summed E-state index contributed by atoms with van der Waals surface area (Å²) < 4.78 is 1.28. The van der Waals surface area contributed by atoms with Gasteiger partial charge in [-0.1, -0.05) is 23.7 Å². The largest absolute Gasteiger partial charge is 0.396 e. The van der Waals surface area contributed by atoms with Gasteiger partial charge >= 0.3 is 0 Å². The molecule has 0 radical (unpaired) electrons. The summed E-state index contributed by atoms with van der Waals surface area (Å²) in [6.45, 7) is 2.68. The first-order valence-corrected chi connectivity index (χ1v) is 10.1. The minimum absolute atomic E-state index is 0.0715. The molecule has 2 N–H and O–H groups in total. The van der Waals surface area contributed by atoms with Crippen LogP contribution in [0.15, 0.2) is 53.3 Å². The van der Waals surface area contributed by atoms with E-state index in [0.29, 0.717) is 38.9 Å². The summed E-state index contributed by atoms with van der Waals surface area (Å²) in [6, 6.07) is 13.4. The zero-order chi connectivity index (χ0) is 22.5. The molecule has 0 aliphatic heterocycles. The number of aliphatic hydroxyl groups excluding tert-OH is 1. The normalized spacial score (nSPS) is 10.7. The molecule has 0 aliphatic carbocycles. The van der Waals surface area contributed by atoms with Gasteiger partial charge in [0.1, 0.15) is 12.4 Å². The smallest absolute Gasteiger partial charge is 0.257 e. The molecule has 1 heterocycles. The fourth-order valence-corrected chi connectivity index (χ4v) is 3.42. The van der Waals surface area contributed by atoms with Crippen LogP contribution in [0.4, 0.5) is 5.69 Å². The van der Waals surface area contributed by atoms with Crippen LogP contribution >= 0.6 is 11.6 Å². The van der Waals surface area contributed by atoms with Crippen LogP contribution in [-0.4, -0.2) is 33.0 Å². The number of carbonyl (C=O) groups is 2. The lowest BCUT2D eigenvalue weighted by Gasteiger charge is -2.16. The molecule has 1 amide bonds. The minimum atomic E-state index is -0.429. The van der Waals surface area contributed by atoms with Gasteiger partial charge in [-0.15, -0.1) is 0 Å². The van der Waals surface area contributed by atoms with E-state index in [9.17, 15) is 19.5 Å². The summed E-state index contributed by atoms with van der Waals surface area (Å²) >= 11 is 6.10. The second kappa shape index (κ2) is 9.68. The Labute approximate surface area is 184 Å². The highest BCUT2D eigenvalue weighted by molar-refractivity contribution is 6.30. The van der Waals surface area contributed by atoms with Crippen molar-refractivity contribution >= 4 is 29.0 Å². The number of halogens is 1. The predicted octanol–water partition coefficient (Wildman–Crippen LogP) is 3.25. The Hall–Kier alpha value is -3.29. The molecule has 0 saturated heterocycles. The minimum Gasteiger partial charge on any atom is -0.396 e. The molecule has 8 heteroatoms. The highest BCUT2D eigenvalue weighted by Gasteiger charge is 2.18. The molecule has 1 aromatic heterocycles. The number of Topliss-reactive ketones (excluding diaryl/α,β-unsaturated/α-hetero) is 1. The Balaban J connectivity index is 1.97. The third-order valence-electron chi connectivity index (χ3n) is 4.79. The number of hydrogen-bond acceptors (Lipinski definition) is 5. The Kier molecular flexibility index (Phi) is 6.99. The average Bonchev–Trinajstić information content (AvgIpc) is 2.73. The third-order valence-corrected chi connectivity index (χ3v) is 5.03. The predicted molar refractivity (Wildman–Crippen MR) is 120 cm³/mol. The van der Waals surface area contributed by atoms with Crippen molar-refractivity contribution in [3.8, 4) is 11.4 Å². The van der Waals surface area contributed by atoms with Gasteiger partial charge in [0.15, 0.2) is 5.78 Å². The number of benzene rings is 2. The molecule has 0 bridgehead atoms. The monoisotopic (exact) mass is 439 g/mol. The molecule has 2 aromatic carbocycles. The van der Waals surface area contributed by atoms with Crippen LogP contribution in [-0.2, 0) is 17.8 Å². The van der Waals surface area contributed by atoms with Gasteiger partial charge in [-0.3, -0.25) is 19.0 Å². The molecule has 160 valence electrons. The van der Waals surface area contributed by atoms with Gasteiger partial charge in [-0.05, 0) is 50.2 Å². The standard InChI is InChI=1S/C23H22ClN3O4/c1-14-20(10-11-28)23(31)27(22(25-14)17-4-3-5-18(24)12-17)13-21(30)26-19-8-6-16(7-9-19)15(2)29/h3-9,12,28H,10-11,13H2,1-2H3,(H,26,30). The summed E-state index contributed by atoms with van der Waals surface area (Å²) in [5.41, 5.74) is 2.09. The summed E-state index contributed by atoms with van der Waals surface area (Å²) in [5.74, 6) is -0.187. The zero-order valence-electron chi connectivity index (χ0n) is 17.2. The number of carbonyl (C=O) groups excluding carboxylic acids is 2. The van der Waals surface area contributed by atoms with Gasteiger partial charge in [-0.25, -0.2) is 4.98 Å². The number of aromatic nitrogens is 2. The van der Waals surface area contributed by atoms with Crippen LogP contribution in [0, 0.1) is 6.92 Å². The number of amides is 1. The Morgan fingerprint density at radius 1 is 1.16 bits per heavy atom. The first-order valence-electron chi connectivity index (χ1n) is 9.68. The van der Waals surface area contributed by atoms with E-state index in [1.165, 1.54) is 11.5 Å². The molecule has 0 spiro atoms. The molecule has 3 rings (SSSR count). The first-order chi connectivity index (χ1) is 14.8. The number of anilines is 1. The van der Waals surface area contributed by atoms with E-state index in [0.717, 1.165) is 0 Å². The first kappa shape index (κ1) is 22.4. The molecular weight excluding hydrogens is 418 g/mol.